The summed E-state index contributed by atoms with van der Waals surface area (Å²) in [6, 6.07) is 2.35. The summed E-state index contributed by atoms with van der Waals surface area (Å²) >= 11 is 0. The summed E-state index contributed by atoms with van der Waals surface area (Å²) in [6.07, 6.45) is 1.30. The molecule has 1 aliphatic rings. The zero-order valence-electron chi connectivity index (χ0n) is 16.8. The molecule has 0 aliphatic heterocycles. The van der Waals surface area contributed by atoms with E-state index in [1.807, 2.05) is 0 Å². The molecule has 0 amide bonds. The molecule has 0 saturated heterocycles. The molecule has 1 nitrogen and oxygen atoms in total. The van der Waals surface area contributed by atoms with Crippen LogP contribution >= 0.6 is 0 Å². The molecule has 0 saturated carbocycles. The fraction of sp³-hybridized carbons (Fsp3) is 0.773. The van der Waals surface area contributed by atoms with Crippen molar-refractivity contribution in [1.29, 1.82) is 0 Å². The molecule has 0 spiro atoms. The lowest BCUT2D eigenvalue weighted by Gasteiger charge is -2.40. The van der Waals surface area contributed by atoms with Crippen LogP contribution in [-0.2, 0) is 0 Å². The lowest BCUT2D eigenvalue weighted by molar-refractivity contribution is 0.204. The van der Waals surface area contributed by atoms with Crippen LogP contribution in [-0.4, -0.2) is 4.98 Å². The third-order valence-corrected chi connectivity index (χ3v) is 6.62. The summed E-state index contributed by atoms with van der Waals surface area (Å²) in [7, 11) is 0. The van der Waals surface area contributed by atoms with Gasteiger partial charge in [0.15, 0.2) is 0 Å². The van der Waals surface area contributed by atoms with Gasteiger partial charge in [-0.3, -0.25) is 4.98 Å². The van der Waals surface area contributed by atoms with Gasteiger partial charge in [0, 0.05) is 17.3 Å². The van der Waals surface area contributed by atoms with Crippen LogP contribution in [0, 0.1) is 30.6 Å². The van der Waals surface area contributed by atoms with E-state index in [0.29, 0.717) is 29.6 Å². The maximum Gasteiger partial charge on any atom is 0.0475 e. The molecule has 130 valence electrons. The second-order valence-corrected chi connectivity index (χ2v) is 8.88. The van der Waals surface area contributed by atoms with Gasteiger partial charge >= 0.3 is 0 Å². The fourth-order valence-corrected chi connectivity index (χ4v) is 4.52. The van der Waals surface area contributed by atoms with Gasteiger partial charge in [0.2, 0.25) is 0 Å². The predicted molar refractivity (Wildman–Crippen MR) is 101 cm³/mol. The van der Waals surface area contributed by atoms with Gasteiger partial charge in [-0.2, -0.15) is 0 Å². The second kappa shape index (κ2) is 6.95. The first-order valence-corrected chi connectivity index (χ1v) is 9.66. The van der Waals surface area contributed by atoms with Crippen LogP contribution in [0.2, 0.25) is 0 Å². The van der Waals surface area contributed by atoms with E-state index in [0.717, 1.165) is 11.8 Å². The van der Waals surface area contributed by atoms with E-state index in [4.69, 9.17) is 4.98 Å². The van der Waals surface area contributed by atoms with Crippen molar-refractivity contribution >= 4 is 0 Å². The van der Waals surface area contributed by atoms with Crippen molar-refractivity contribution in [3.63, 3.8) is 0 Å². The molecule has 1 heteroatoms. The van der Waals surface area contributed by atoms with Crippen LogP contribution in [0.15, 0.2) is 6.07 Å². The monoisotopic (exact) mass is 315 g/mol. The minimum atomic E-state index is 0.543. The largest absolute Gasteiger partial charge is 0.258 e. The first-order chi connectivity index (χ1) is 10.6. The third kappa shape index (κ3) is 3.49. The summed E-state index contributed by atoms with van der Waals surface area (Å²) < 4.78 is 0. The van der Waals surface area contributed by atoms with Crippen LogP contribution in [0.25, 0.3) is 0 Å². The molecular weight excluding hydrogens is 278 g/mol. The van der Waals surface area contributed by atoms with E-state index in [-0.39, 0.29) is 0 Å². The number of fused-ring (bicyclic) bond motifs is 1. The SMILES string of the molecule is Cc1cc(C(C)C)c2c(n1)[C@H](C)[C@H](C)[C@H](C)[C@H](C)CC2C(C)C. The zero-order chi connectivity index (χ0) is 17.5. The number of pyridine rings is 1. The maximum atomic E-state index is 5.08. The minimum Gasteiger partial charge on any atom is -0.258 e. The van der Waals surface area contributed by atoms with Crippen LogP contribution < -0.4 is 0 Å². The van der Waals surface area contributed by atoms with E-state index < -0.39 is 0 Å². The quantitative estimate of drug-likeness (QED) is 0.594. The van der Waals surface area contributed by atoms with Crippen molar-refractivity contribution in [2.45, 2.75) is 86.5 Å². The third-order valence-electron chi connectivity index (χ3n) is 6.62. The lowest BCUT2D eigenvalue weighted by Crippen LogP contribution is -2.30. The summed E-state index contributed by atoms with van der Waals surface area (Å²) in [5.41, 5.74) is 5.74. The van der Waals surface area contributed by atoms with Gasteiger partial charge in [-0.1, -0.05) is 55.4 Å². The smallest absolute Gasteiger partial charge is 0.0475 e. The summed E-state index contributed by atoms with van der Waals surface area (Å²) in [6.45, 7) is 21.4. The van der Waals surface area contributed by atoms with Gasteiger partial charge in [0.25, 0.3) is 0 Å². The summed E-state index contributed by atoms with van der Waals surface area (Å²) in [4.78, 5) is 5.08. The molecule has 2 rings (SSSR count). The highest BCUT2D eigenvalue weighted by molar-refractivity contribution is 5.40. The molecule has 0 bridgehead atoms. The molecule has 1 aromatic heterocycles. The predicted octanol–water partition coefficient (Wildman–Crippen LogP) is 6.67. The average Bonchev–Trinajstić information content (AvgIpc) is 2.48. The number of nitrogens with zero attached hydrogens (tertiary/aromatic N) is 1. The van der Waals surface area contributed by atoms with Crippen molar-refractivity contribution in [3.05, 3.63) is 28.6 Å². The van der Waals surface area contributed by atoms with Gasteiger partial charge in [0.1, 0.15) is 0 Å². The van der Waals surface area contributed by atoms with E-state index in [2.05, 4.69) is 68.4 Å². The fourth-order valence-electron chi connectivity index (χ4n) is 4.52. The Morgan fingerprint density at radius 2 is 1.61 bits per heavy atom. The Morgan fingerprint density at radius 3 is 2.13 bits per heavy atom. The standard InChI is InChI=1S/C22H37N/c1-12(2)19-10-14(5)16(7)17(8)18(9)22-21(19)20(13(3)4)11-15(6)23-22/h11-14,16-19H,10H2,1-9H3/t14-,16-,17-,18-,19?/m1/s1. The van der Waals surface area contributed by atoms with E-state index in [1.54, 1.807) is 11.1 Å². The minimum absolute atomic E-state index is 0.543. The number of aromatic nitrogens is 1. The van der Waals surface area contributed by atoms with Crippen molar-refractivity contribution in [1.82, 2.24) is 4.98 Å². The molecule has 0 radical (unpaired) electrons. The molecule has 0 N–H and O–H groups in total. The van der Waals surface area contributed by atoms with E-state index in [9.17, 15) is 0 Å². The number of aryl methyl sites for hydroxylation is 1. The zero-order valence-corrected chi connectivity index (χ0v) is 16.8. The molecule has 23 heavy (non-hydrogen) atoms. The Labute approximate surface area is 144 Å². The Balaban J connectivity index is 2.73. The average molecular weight is 316 g/mol. The lowest BCUT2D eigenvalue weighted by atomic mass is 9.66. The highest BCUT2D eigenvalue weighted by Gasteiger charge is 2.36. The van der Waals surface area contributed by atoms with Gasteiger partial charge in [-0.05, 0) is 66.0 Å². The molecule has 0 fully saturated rings. The number of hydrogen-bond donors (Lipinski definition) is 0. The topological polar surface area (TPSA) is 12.9 Å². The highest BCUT2D eigenvalue weighted by Crippen LogP contribution is 2.47. The van der Waals surface area contributed by atoms with Crippen LogP contribution in [0.3, 0.4) is 0 Å². The molecule has 0 aromatic carbocycles. The van der Waals surface area contributed by atoms with Crippen LogP contribution in [0.5, 0.6) is 0 Å². The molecule has 1 heterocycles. The Hall–Kier alpha value is -0.850. The van der Waals surface area contributed by atoms with Gasteiger partial charge in [-0.25, -0.2) is 0 Å². The Kier molecular flexibility index (Phi) is 5.59. The van der Waals surface area contributed by atoms with E-state index >= 15 is 0 Å². The van der Waals surface area contributed by atoms with Gasteiger partial charge in [-0.15, -0.1) is 0 Å². The van der Waals surface area contributed by atoms with Crippen molar-refractivity contribution in [2.75, 3.05) is 0 Å². The van der Waals surface area contributed by atoms with Crippen LogP contribution in [0.1, 0.15) is 102 Å². The number of rotatable bonds is 2. The van der Waals surface area contributed by atoms with Gasteiger partial charge in [0.05, 0.1) is 0 Å². The molecule has 1 unspecified atom stereocenters. The normalized spacial score (nSPS) is 31.9. The molecule has 1 aliphatic carbocycles. The summed E-state index contributed by atoms with van der Waals surface area (Å²) in [5, 5.41) is 0. The molecule has 5 atom stereocenters. The Morgan fingerprint density at radius 1 is 1.00 bits per heavy atom. The molecular formula is C22H37N. The molecule has 1 aromatic rings. The first kappa shape index (κ1) is 18.5. The highest BCUT2D eigenvalue weighted by atomic mass is 14.7. The Bertz CT molecular complexity index is 543. The van der Waals surface area contributed by atoms with Crippen molar-refractivity contribution in [3.8, 4) is 0 Å². The van der Waals surface area contributed by atoms with Crippen molar-refractivity contribution in [2.24, 2.45) is 23.7 Å². The van der Waals surface area contributed by atoms with Crippen molar-refractivity contribution < 1.29 is 0 Å². The first-order valence-electron chi connectivity index (χ1n) is 9.66. The second-order valence-electron chi connectivity index (χ2n) is 8.88. The van der Waals surface area contributed by atoms with E-state index in [1.165, 1.54) is 17.8 Å². The maximum absolute atomic E-state index is 5.08. The number of hydrogen-bond acceptors (Lipinski definition) is 1. The van der Waals surface area contributed by atoms with Crippen LogP contribution in [0.4, 0.5) is 0 Å². The summed E-state index contributed by atoms with van der Waals surface area (Å²) in [5.74, 6) is 4.64. The van der Waals surface area contributed by atoms with Gasteiger partial charge < -0.3 is 0 Å².